The lowest BCUT2D eigenvalue weighted by molar-refractivity contribution is -0.115. The lowest BCUT2D eigenvalue weighted by Crippen LogP contribution is -2.15. The molecule has 0 aliphatic rings. The van der Waals surface area contributed by atoms with Gasteiger partial charge in [0, 0.05) is 5.56 Å². The van der Waals surface area contributed by atoms with Crippen LogP contribution in [0, 0.1) is 0 Å². The lowest BCUT2D eigenvalue weighted by Gasteiger charge is -2.14. The summed E-state index contributed by atoms with van der Waals surface area (Å²) in [5, 5.41) is 3.89. The summed E-state index contributed by atoms with van der Waals surface area (Å²) in [6, 6.07) is 19.2. The Morgan fingerprint density at radius 1 is 0.935 bits per heavy atom. The number of aromatic nitrogens is 1. The van der Waals surface area contributed by atoms with Crippen molar-refractivity contribution in [1.29, 1.82) is 0 Å². The van der Waals surface area contributed by atoms with Gasteiger partial charge in [-0.1, -0.05) is 24.3 Å². The van der Waals surface area contributed by atoms with E-state index in [1.54, 1.807) is 44.8 Å². The molecule has 1 aromatic heterocycles. The summed E-state index contributed by atoms with van der Waals surface area (Å²) in [7, 11) is 4.65. The SMILES string of the molecule is COc1cc(CC(=O)Nc2ccccc2-c2nc3ccccc3s2)cc(OC)c1OC. The molecule has 7 heteroatoms. The van der Waals surface area contributed by atoms with Gasteiger partial charge in [0.25, 0.3) is 0 Å². The van der Waals surface area contributed by atoms with Crippen molar-refractivity contribution in [2.45, 2.75) is 6.42 Å². The molecule has 0 fully saturated rings. The zero-order valence-electron chi connectivity index (χ0n) is 17.5. The zero-order valence-corrected chi connectivity index (χ0v) is 18.3. The fourth-order valence-electron chi connectivity index (χ4n) is 3.38. The van der Waals surface area contributed by atoms with Gasteiger partial charge in [0.15, 0.2) is 11.5 Å². The summed E-state index contributed by atoms with van der Waals surface area (Å²) < 4.78 is 17.2. The average molecular weight is 435 g/mol. The first-order valence-electron chi connectivity index (χ1n) is 9.66. The predicted octanol–water partition coefficient (Wildman–Crippen LogP) is 5.17. The Morgan fingerprint density at radius 2 is 1.61 bits per heavy atom. The second-order valence-corrected chi connectivity index (χ2v) is 7.82. The number of fused-ring (bicyclic) bond motifs is 1. The third-order valence-corrected chi connectivity index (χ3v) is 5.88. The van der Waals surface area contributed by atoms with E-state index in [1.807, 2.05) is 48.5 Å². The molecule has 0 unspecified atom stereocenters. The van der Waals surface area contributed by atoms with Gasteiger partial charge in [-0.05, 0) is 42.0 Å². The van der Waals surface area contributed by atoms with Crippen molar-refractivity contribution in [1.82, 2.24) is 4.98 Å². The standard InChI is InChI=1S/C24H22N2O4S/c1-28-19-12-15(13-20(29-2)23(19)30-3)14-22(27)25-17-9-5-4-8-16(17)24-26-18-10-6-7-11-21(18)31-24/h4-13H,14H2,1-3H3,(H,25,27). The van der Waals surface area contributed by atoms with E-state index in [-0.39, 0.29) is 12.3 Å². The lowest BCUT2D eigenvalue weighted by atomic mass is 10.1. The molecule has 0 bridgehead atoms. The molecule has 158 valence electrons. The monoisotopic (exact) mass is 434 g/mol. The highest BCUT2D eigenvalue weighted by atomic mass is 32.1. The van der Waals surface area contributed by atoms with Crippen LogP contribution in [-0.4, -0.2) is 32.2 Å². The molecule has 0 aliphatic carbocycles. The van der Waals surface area contributed by atoms with Gasteiger partial charge in [-0.2, -0.15) is 0 Å². The summed E-state index contributed by atoms with van der Waals surface area (Å²) in [5.41, 5.74) is 3.31. The number of nitrogens with zero attached hydrogens (tertiary/aromatic N) is 1. The van der Waals surface area contributed by atoms with E-state index in [4.69, 9.17) is 19.2 Å². The van der Waals surface area contributed by atoms with Crippen LogP contribution in [0.3, 0.4) is 0 Å². The maximum atomic E-state index is 12.9. The Kier molecular flexibility index (Phi) is 6.04. The third kappa shape index (κ3) is 4.32. The van der Waals surface area contributed by atoms with Crippen molar-refractivity contribution >= 4 is 33.1 Å². The minimum absolute atomic E-state index is 0.150. The summed E-state index contributed by atoms with van der Waals surface area (Å²) in [6.45, 7) is 0. The maximum Gasteiger partial charge on any atom is 0.228 e. The maximum absolute atomic E-state index is 12.9. The number of rotatable bonds is 7. The molecule has 4 aromatic rings. The van der Waals surface area contributed by atoms with Gasteiger partial charge in [-0.25, -0.2) is 4.98 Å². The highest BCUT2D eigenvalue weighted by molar-refractivity contribution is 7.21. The molecule has 1 amide bonds. The van der Waals surface area contributed by atoms with Crippen molar-refractivity contribution in [2.24, 2.45) is 0 Å². The third-order valence-electron chi connectivity index (χ3n) is 4.81. The van der Waals surface area contributed by atoms with Crippen LogP contribution < -0.4 is 19.5 Å². The Balaban J connectivity index is 1.59. The van der Waals surface area contributed by atoms with Crippen molar-refractivity contribution in [3.05, 3.63) is 66.2 Å². The number of ether oxygens (including phenoxy) is 3. The van der Waals surface area contributed by atoms with E-state index in [0.29, 0.717) is 17.2 Å². The van der Waals surface area contributed by atoms with E-state index >= 15 is 0 Å². The molecule has 1 heterocycles. The Bertz CT molecular complexity index is 1180. The van der Waals surface area contributed by atoms with Crippen LogP contribution >= 0.6 is 11.3 Å². The van der Waals surface area contributed by atoms with E-state index in [9.17, 15) is 4.79 Å². The number of methoxy groups -OCH3 is 3. The molecule has 6 nitrogen and oxygen atoms in total. The number of benzene rings is 3. The summed E-state index contributed by atoms with van der Waals surface area (Å²) in [4.78, 5) is 17.6. The number of para-hydroxylation sites is 2. The summed E-state index contributed by atoms with van der Waals surface area (Å²) in [6.07, 6.45) is 0.158. The van der Waals surface area contributed by atoms with Crippen LogP contribution in [0.15, 0.2) is 60.7 Å². The number of thiazole rings is 1. The van der Waals surface area contributed by atoms with E-state index in [1.165, 1.54) is 0 Å². The van der Waals surface area contributed by atoms with Crippen molar-refractivity contribution in [2.75, 3.05) is 26.6 Å². The Hall–Kier alpha value is -3.58. The fourth-order valence-corrected chi connectivity index (χ4v) is 4.39. The van der Waals surface area contributed by atoms with Crippen LogP contribution in [-0.2, 0) is 11.2 Å². The second kappa shape index (κ2) is 9.06. The van der Waals surface area contributed by atoms with Gasteiger partial charge in [-0.3, -0.25) is 4.79 Å². The van der Waals surface area contributed by atoms with Crippen molar-refractivity contribution in [3.8, 4) is 27.8 Å². The molecule has 3 aromatic carbocycles. The number of carbonyl (C=O) groups is 1. The van der Waals surface area contributed by atoms with Crippen LogP contribution in [0.25, 0.3) is 20.8 Å². The van der Waals surface area contributed by atoms with Crippen molar-refractivity contribution < 1.29 is 19.0 Å². The van der Waals surface area contributed by atoms with Gasteiger partial charge in [0.05, 0.1) is 43.7 Å². The largest absolute Gasteiger partial charge is 0.493 e. The molecule has 0 spiro atoms. The minimum Gasteiger partial charge on any atom is -0.493 e. The smallest absolute Gasteiger partial charge is 0.228 e. The molecule has 0 radical (unpaired) electrons. The molecular formula is C24H22N2O4S. The van der Waals surface area contributed by atoms with E-state index in [2.05, 4.69) is 5.32 Å². The number of hydrogen-bond acceptors (Lipinski definition) is 6. The van der Waals surface area contributed by atoms with Gasteiger partial charge < -0.3 is 19.5 Å². The van der Waals surface area contributed by atoms with E-state index in [0.717, 1.165) is 32.0 Å². The number of amides is 1. The molecule has 0 saturated carbocycles. The Morgan fingerprint density at radius 3 is 2.29 bits per heavy atom. The topological polar surface area (TPSA) is 69.7 Å². The molecular weight excluding hydrogens is 412 g/mol. The summed E-state index contributed by atoms with van der Waals surface area (Å²) in [5.74, 6) is 1.37. The van der Waals surface area contributed by atoms with Crippen LogP contribution in [0.5, 0.6) is 17.2 Å². The highest BCUT2D eigenvalue weighted by Crippen LogP contribution is 2.38. The van der Waals surface area contributed by atoms with Gasteiger partial charge in [-0.15, -0.1) is 11.3 Å². The number of carbonyl (C=O) groups excluding carboxylic acids is 1. The number of nitrogens with one attached hydrogen (secondary N) is 1. The van der Waals surface area contributed by atoms with Crippen molar-refractivity contribution in [3.63, 3.8) is 0 Å². The second-order valence-electron chi connectivity index (χ2n) is 6.79. The zero-order chi connectivity index (χ0) is 21.8. The summed E-state index contributed by atoms with van der Waals surface area (Å²) >= 11 is 1.60. The molecule has 0 atom stereocenters. The molecule has 0 saturated heterocycles. The first-order valence-corrected chi connectivity index (χ1v) is 10.5. The van der Waals surface area contributed by atoms with Gasteiger partial charge >= 0.3 is 0 Å². The molecule has 4 rings (SSSR count). The predicted molar refractivity (Wildman–Crippen MR) is 123 cm³/mol. The molecule has 1 N–H and O–H groups in total. The number of hydrogen-bond donors (Lipinski definition) is 1. The highest BCUT2D eigenvalue weighted by Gasteiger charge is 2.16. The first-order chi connectivity index (χ1) is 15.1. The quantitative estimate of drug-likeness (QED) is 0.435. The molecule has 31 heavy (non-hydrogen) atoms. The normalized spacial score (nSPS) is 10.7. The van der Waals surface area contributed by atoms with Gasteiger partial charge in [0.1, 0.15) is 5.01 Å². The average Bonchev–Trinajstić information content (AvgIpc) is 3.22. The van der Waals surface area contributed by atoms with Crippen LogP contribution in [0.1, 0.15) is 5.56 Å². The molecule has 0 aliphatic heterocycles. The first kappa shape index (κ1) is 20.7. The Labute approximate surface area is 184 Å². The minimum atomic E-state index is -0.150. The van der Waals surface area contributed by atoms with E-state index < -0.39 is 0 Å². The van der Waals surface area contributed by atoms with Crippen LogP contribution in [0.2, 0.25) is 0 Å². The van der Waals surface area contributed by atoms with Gasteiger partial charge in [0.2, 0.25) is 11.7 Å². The van der Waals surface area contributed by atoms with Crippen LogP contribution in [0.4, 0.5) is 5.69 Å². The fraction of sp³-hybridized carbons (Fsp3) is 0.167. The number of anilines is 1.